The van der Waals surface area contributed by atoms with Crippen LogP contribution in [0.25, 0.3) is 0 Å². The third-order valence-corrected chi connectivity index (χ3v) is 2.51. The van der Waals surface area contributed by atoms with Crippen LogP contribution in [0.15, 0.2) is 6.33 Å². The average Bonchev–Trinajstić information content (AvgIpc) is 2.37. The minimum atomic E-state index is -0.431. The molecule has 7 nitrogen and oxygen atoms in total. The van der Waals surface area contributed by atoms with E-state index in [-0.39, 0.29) is 11.5 Å². The van der Waals surface area contributed by atoms with E-state index in [1.807, 2.05) is 18.7 Å². The van der Waals surface area contributed by atoms with Crippen LogP contribution in [0, 0.1) is 10.1 Å². The van der Waals surface area contributed by atoms with Crippen LogP contribution in [0.4, 0.5) is 17.3 Å². The van der Waals surface area contributed by atoms with Gasteiger partial charge in [0.15, 0.2) is 0 Å². The van der Waals surface area contributed by atoms with Crippen LogP contribution < -0.4 is 10.2 Å². The van der Waals surface area contributed by atoms with Crippen molar-refractivity contribution in [2.24, 2.45) is 0 Å². The molecule has 1 N–H and O–H groups in total. The summed E-state index contributed by atoms with van der Waals surface area (Å²) < 4.78 is 0. The molecular formula is C11H19N5O2. The van der Waals surface area contributed by atoms with Crippen molar-refractivity contribution >= 4 is 17.3 Å². The topological polar surface area (TPSA) is 84.2 Å². The van der Waals surface area contributed by atoms with Crippen LogP contribution in [0.1, 0.15) is 26.7 Å². The molecule has 0 saturated carbocycles. The molecule has 0 aliphatic heterocycles. The molecule has 1 rings (SSSR count). The molecule has 100 valence electrons. The van der Waals surface area contributed by atoms with E-state index in [9.17, 15) is 10.1 Å². The Hall–Kier alpha value is -1.92. The molecule has 0 spiro atoms. The first-order valence-electron chi connectivity index (χ1n) is 6.07. The van der Waals surface area contributed by atoms with Crippen LogP contribution in [0.5, 0.6) is 0 Å². The third-order valence-electron chi connectivity index (χ3n) is 2.51. The monoisotopic (exact) mass is 253 g/mol. The zero-order chi connectivity index (χ0) is 13.5. The molecule has 0 unspecified atom stereocenters. The van der Waals surface area contributed by atoms with Crippen LogP contribution in [-0.2, 0) is 0 Å². The van der Waals surface area contributed by atoms with Gasteiger partial charge in [0, 0.05) is 20.1 Å². The number of aromatic nitrogens is 2. The van der Waals surface area contributed by atoms with E-state index in [2.05, 4.69) is 15.3 Å². The summed E-state index contributed by atoms with van der Waals surface area (Å²) in [4.78, 5) is 20.6. The second-order valence-corrected chi connectivity index (χ2v) is 3.89. The predicted molar refractivity (Wildman–Crippen MR) is 71.0 cm³/mol. The molecule has 0 fully saturated rings. The van der Waals surface area contributed by atoms with Gasteiger partial charge >= 0.3 is 5.69 Å². The van der Waals surface area contributed by atoms with Gasteiger partial charge in [-0.3, -0.25) is 10.1 Å². The van der Waals surface area contributed by atoms with E-state index in [4.69, 9.17) is 0 Å². The van der Waals surface area contributed by atoms with E-state index in [0.29, 0.717) is 5.82 Å². The van der Waals surface area contributed by atoms with Gasteiger partial charge < -0.3 is 10.2 Å². The van der Waals surface area contributed by atoms with Crippen molar-refractivity contribution in [3.05, 3.63) is 16.4 Å². The number of hydrogen-bond donors (Lipinski definition) is 1. The molecular weight excluding hydrogens is 234 g/mol. The first-order chi connectivity index (χ1) is 8.65. The number of hydrogen-bond acceptors (Lipinski definition) is 6. The summed E-state index contributed by atoms with van der Waals surface area (Å²) in [5, 5.41) is 13.9. The Morgan fingerprint density at radius 1 is 1.33 bits per heavy atom. The van der Waals surface area contributed by atoms with Crippen molar-refractivity contribution in [2.75, 3.05) is 30.4 Å². The normalized spacial score (nSPS) is 10.2. The molecule has 0 radical (unpaired) electrons. The van der Waals surface area contributed by atoms with E-state index < -0.39 is 4.92 Å². The third kappa shape index (κ3) is 3.06. The largest absolute Gasteiger partial charge is 0.367 e. The highest BCUT2D eigenvalue weighted by molar-refractivity contribution is 5.70. The van der Waals surface area contributed by atoms with Gasteiger partial charge in [0.2, 0.25) is 11.6 Å². The van der Waals surface area contributed by atoms with Gasteiger partial charge in [-0.2, -0.15) is 0 Å². The molecule has 0 aliphatic carbocycles. The van der Waals surface area contributed by atoms with Gasteiger partial charge in [0.05, 0.1) is 4.92 Å². The second-order valence-electron chi connectivity index (χ2n) is 3.89. The number of anilines is 2. The lowest BCUT2D eigenvalue weighted by Crippen LogP contribution is -2.27. The maximum atomic E-state index is 11.2. The number of nitrogens with zero attached hydrogens (tertiary/aromatic N) is 4. The molecule has 0 aliphatic rings. The zero-order valence-corrected chi connectivity index (χ0v) is 11.0. The van der Waals surface area contributed by atoms with Gasteiger partial charge in [-0.25, -0.2) is 9.97 Å². The van der Waals surface area contributed by atoms with Crippen LogP contribution in [-0.4, -0.2) is 35.0 Å². The van der Waals surface area contributed by atoms with Crippen molar-refractivity contribution < 1.29 is 4.92 Å². The Balaban J connectivity index is 3.23. The standard InChI is InChI=1S/C11H19N5O2/c1-4-6-15(7-5-2)11-9(16(17)18)10(12-3)13-8-14-11/h8H,4-7H2,1-3H3,(H,12,13,14). The van der Waals surface area contributed by atoms with Crippen molar-refractivity contribution in [1.29, 1.82) is 0 Å². The van der Waals surface area contributed by atoms with Gasteiger partial charge in [-0.05, 0) is 12.8 Å². The van der Waals surface area contributed by atoms with E-state index in [1.165, 1.54) is 6.33 Å². The van der Waals surface area contributed by atoms with E-state index in [0.717, 1.165) is 25.9 Å². The first-order valence-corrected chi connectivity index (χ1v) is 6.07. The number of nitrogens with one attached hydrogen (secondary N) is 1. The predicted octanol–water partition coefficient (Wildman–Crippen LogP) is 2.05. The molecule has 0 amide bonds. The molecule has 7 heteroatoms. The van der Waals surface area contributed by atoms with Crippen molar-refractivity contribution in [3.8, 4) is 0 Å². The molecule has 0 atom stereocenters. The summed E-state index contributed by atoms with van der Waals surface area (Å²) in [5.74, 6) is 0.644. The summed E-state index contributed by atoms with van der Waals surface area (Å²) >= 11 is 0. The molecule has 1 heterocycles. The summed E-state index contributed by atoms with van der Waals surface area (Å²) in [7, 11) is 1.61. The smallest absolute Gasteiger partial charge is 0.353 e. The van der Waals surface area contributed by atoms with Crippen molar-refractivity contribution in [1.82, 2.24) is 9.97 Å². The Morgan fingerprint density at radius 3 is 2.39 bits per heavy atom. The number of rotatable bonds is 7. The zero-order valence-electron chi connectivity index (χ0n) is 11.0. The maximum absolute atomic E-state index is 11.2. The maximum Gasteiger partial charge on any atom is 0.353 e. The van der Waals surface area contributed by atoms with Gasteiger partial charge in [0.25, 0.3) is 0 Å². The fourth-order valence-electron chi connectivity index (χ4n) is 1.82. The highest BCUT2D eigenvalue weighted by atomic mass is 16.6. The van der Waals surface area contributed by atoms with E-state index in [1.54, 1.807) is 7.05 Å². The molecule has 1 aromatic heterocycles. The van der Waals surface area contributed by atoms with Gasteiger partial charge in [-0.15, -0.1) is 0 Å². The summed E-state index contributed by atoms with van der Waals surface area (Å²) in [6.07, 6.45) is 3.18. The summed E-state index contributed by atoms with van der Waals surface area (Å²) in [5.41, 5.74) is -0.0538. The first kappa shape index (κ1) is 14.1. The van der Waals surface area contributed by atoms with Crippen LogP contribution >= 0.6 is 0 Å². The Bertz CT molecular complexity index is 404. The molecule has 0 saturated heterocycles. The van der Waals surface area contributed by atoms with Crippen molar-refractivity contribution in [3.63, 3.8) is 0 Å². The van der Waals surface area contributed by atoms with Crippen LogP contribution in [0.2, 0.25) is 0 Å². The van der Waals surface area contributed by atoms with Gasteiger partial charge in [-0.1, -0.05) is 13.8 Å². The summed E-state index contributed by atoms with van der Waals surface area (Å²) in [6, 6.07) is 0. The Kier molecular flexibility index (Phi) is 5.29. The highest BCUT2D eigenvalue weighted by Gasteiger charge is 2.25. The summed E-state index contributed by atoms with van der Waals surface area (Å²) in [6.45, 7) is 5.56. The Morgan fingerprint density at radius 2 is 1.94 bits per heavy atom. The number of nitro groups is 1. The molecule has 1 aromatic rings. The lowest BCUT2D eigenvalue weighted by Gasteiger charge is -2.22. The minimum Gasteiger partial charge on any atom is -0.367 e. The quantitative estimate of drug-likeness (QED) is 0.591. The van der Waals surface area contributed by atoms with Crippen molar-refractivity contribution in [2.45, 2.75) is 26.7 Å². The molecule has 0 aromatic carbocycles. The second kappa shape index (κ2) is 6.73. The minimum absolute atomic E-state index is 0.0538. The van der Waals surface area contributed by atoms with Crippen LogP contribution in [0.3, 0.4) is 0 Å². The SMILES string of the molecule is CCCN(CCC)c1ncnc(NC)c1[N+](=O)[O-]. The average molecular weight is 253 g/mol. The fourth-order valence-corrected chi connectivity index (χ4v) is 1.82. The lowest BCUT2D eigenvalue weighted by molar-refractivity contribution is -0.383. The molecule has 0 bridgehead atoms. The fraction of sp³-hybridized carbons (Fsp3) is 0.636. The van der Waals surface area contributed by atoms with E-state index >= 15 is 0 Å². The Labute approximate surface area is 106 Å². The lowest BCUT2D eigenvalue weighted by atomic mass is 10.3. The molecule has 18 heavy (non-hydrogen) atoms. The highest BCUT2D eigenvalue weighted by Crippen LogP contribution is 2.31. The van der Waals surface area contributed by atoms with Gasteiger partial charge in [0.1, 0.15) is 6.33 Å².